The van der Waals surface area contributed by atoms with Crippen LogP contribution in [-0.4, -0.2) is 19.6 Å². The molecule has 0 spiro atoms. The maximum Gasteiger partial charge on any atom is 0.0383 e. The highest BCUT2D eigenvalue weighted by Crippen LogP contribution is 2.26. The molecule has 0 amide bonds. The fraction of sp³-hybridized carbons (Fsp3) is 0.182. The fourth-order valence-electron chi connectivity index (χ4n) is 2.62. The topological polar surface area (TPSA) is 15.3 Å². The van der Waals surface area contributed by atoms with Crippen LogP contribution in [0.4, 0.5) is 11.4 Å². The second-order valence-corrected chi connectivity index (χ2v) is 6.66. The van der Waals surface area contributed by atoms with E-state index in [4.69, 9.17) is 0 Å². The summed E-state index contributed by atoms with van der Waals surface area (Å²) in [6.07, 6.45) is 6.57. The monoisotopic (exact) mass is 396 g/mol. The van der Waals surface area contributed by atoms with Crippen LogP contribution in [-0.2, 0) is 6.42 Å². The van der Waals surface area contributed by atoms with Crippen LogP contribution in [0.3, 0.4) is 0 Å². The first-order valence-electron chi connectivity index (χ1n) is 8.36. The van der Waals surface area contributed by atoms with Crippen molar-refractivity contribution in [1.82, 2.24) is 0 Å². The van der Waals surface area contributed by atoms with E-state index in [0.29, 0.717) is 0 Å². The van der Waals surface area contributed by atoms with E-state index in [1.54, 1.807) is 0 Å². The summed E-state index contributed by atoms with van der Waals surface area (Å²) < 4.78 is 1.12. The van der Waals surface area contributed by atoms with Crippen LogP contribution >= 0.6 is 15.9 Å². The standard InChI is InChI=1S/C22H25BrN2/c1-4-13-24-20-10-7-18(8-11-20)16-19-9-12-21(17-22(19)23)25(14-5-2)15-6-3/h4-12,17,24H,1-3,13-16H2. The zero-order valence-electron chi connectivity index (χ0n) is 14.5. The molecule has 25 heavy (non-hydrogen) atoms. The SMILES string of the molecule is C=CCNc1ccc(Cc2ccc(N(CC=C)CC=C)cc2Br)cc1. The van der Waals surface area contributed by atoms with Crippen molar-refractivity contribution in [2.45, 2.75) is 6.42 Å². The normalized spacial score (nSPS) is 10.1. The molecule has 0 aromatic heterocycles. The zero-order chi connectivity index (χ0) is 18.1. The van der Waals surface area contributed by atoms with Gasteiger partial charge >= 0.3 is 0 Å². The predicted octanol–water partition coefficient (Wildman–Crippen LogP) is 5.82. The Kier molecular flexibility index (Phi) is 7.55. The molecule has 0 aliphatic rings. The maximum absolute atomic E-state index is 3.83. The van der Waals surface area contributed by atoms with Crippen molar-refractivity contribution in [2.75, 3.05) is 29.9 Å². The molecule has 0 atom stereocenters. The van der Waals surface area contributed by atoms with E-state index in [-0.39, 0.29) is 0 Å². The lowest BCUT2D eigenvalue weighted by molar-refractivity contribution is 0.954. The summed E-state index contributed by atoms with van der Waals surface area (Å²) in [4.78, 5) is 2.23. The Bertz CT molecular complexity index is 709. The first-order valence-corrected chi connectivity index (χ1v) is 9.16. The average molecular weight is 397 g/mol. The molecule has 2 aromatic carbocycles. The van der Waals surface area contributed by atoms with Gasteiger partial charge in [-0.2, -0.15) is 0 Å². The van der Waals surface area contributed by atoms with Crippen LogP contribution in [0.1, 0.15) is 11.1 Å². The van der Waals surface area contributed by atoms with Gasteiger partial charge in [0, 0.05) is 35.5 Å². The van der Waals surface area contributed by atoms with E-state index in [0.717, 1.165) is 36.2 Å². The van der Waals surface area contributed by atoms with Gasteiger partial charge in [-0.15, -0.1) is 19.7 Å². The number of halogens is 1. The van der Waals surface area contributed by atoms with Crippen LogP contribution < -0.4 is 10.2 Å². The summed E-state index contributed by atoms with van der Waals surface area (Å²) in [5.74, 6) is 0. The molecule has 2 aromatic rings. The predicted molar refractivity (Wildman–Crippen MR) is 115 cm³/mol. The van der Waals surface area contributed by atoms with Crippen molar-refractivity contribution in [3.05, 3.63) is 96.0 Å². The van der Waals surface area contributed by atoms with Gasteiger partial charge in [-0.1, -0.05) is 52.4 Å². The minimum atomic E-state index is 0.776. The summed E-state index contributed by atoms with van der Waals surface area (Å²) in [6.45, 7) is 13.8. The summed E-state index contributed by atoms with van der Waals surface area (Å²) in [5, 5.41) is 3.29. The Morgan fingerprint density at radius 1 is 0.920 bits per heavy atom. The molecular formula is C22H25BrN2. The van der Waals surface area contributed by atoms with Gasteiger partial charge in [0.1, 0.15) is 0 Å². The molecule has 3 heteroatoms. The Morgan fingerprint density at radius 3 is 2.16 bits per heavy atom. The van der Waals surface area contributed by atoms with E-state index in [2.05, 4.69) is 88.3 Å². The highest BCUT2D eigenvalue weighted by Gasteiger charge is 2.07. The summed E-state index contributed by atoms with van der Waals surface area (Å²) in [7, 11) is 0. The molecule has 0 bridgehead atoms. The van der Waals surface area contributed by atoms with E-state index in [1.807, 2.05) is 18.2 Å². The molecule has 0 heterocycles. The molecule has 130 valence electrons. The molecule has 0 aliphatic heterocycles. The van der Waals surface area contributed by atoms with Gasteiger partial charge in [-0.05, 0) is 41.8 Å². The van der Waals surface area contributed by atoms with Crippen LogP contribution in [0.5, 0.6) is 0 Å². The number of nitrogens with one attached hydrogen (secondary N) is 1. The maximum atomic E-state index is 3.83. The van der Waals surface area contributed by atoms with Gasteiger partial charge in [0.05, 0.1) is 0 Å². The van der Waals surface area contributed by atoms with Gasteiger partial charge in [-0.25, -0.2) is 0 Å². The molecule has 0 saturated heterocycles. The summed E-state index contributed by atoms with van der Waals surface area (Å²) >= 11 is 3.72. The van der Waals surface area contributed by atoms with Crippen LogP contribution in [0.15, 0.2) is 84.9 Å². The first-order chi connectivity index (χ1) is 12.2. The number of nitrogens with zero attached hydrogens (tertiary/aromatic N) is 1. The minimum absolute atomic E-state index is 0.776. The Labute approximate surface area is 159 Å². The molecule has 0 saturated carbocycles. The number of benzene rings is 2. The number of rotatable bonds is 10. The van der Waals surface area contributed by atoms with E-state index < -0.39 is 0 Å². The van der Waals surface area contributed by atoms with Crippen molar-refractivity contribution in [1.29, 1.82) is 0 Å². The number of hydrogen-bond acceptors (Lipinski definition) is 2. The van der Waals surface area contributed by atoms with Crippen molar-refractivity contribution in [3.8, 4) is 0 Å². The van der Waals surface area contributed by atoms with Crippen molar-refractivity contribution in [3.63, 3.8) is 0 Å². The highest BCUT2D eigenvalue weighted by atomic mass is 79.9. The summed E-state index contributed by atoms with van der Waals surface area (Å²) in [6, 6.07) is 15.0. The van der Waals surface area contributed by atoms with Gasteiger partial charge in [0.25, 0.3) is 0 Å². The molecule has 1 N–H and O–H groups in total. The van der Waals surface area contributed by atoms with Crippen LogP contribution in [0.2, 0.25) is 0 Å². The van der Waals surface area contributed by atoms with Gasteiger partial charge < -0.3 is 10.2 Å². The Balaban J connectivity index is 2.11. The first kappa shape index (κ1) is 19.1. The Hall–Kier alpha value is -2.26. The second kappa shape index (κ2) is 9.90. The smallest absolute Gasteiger partial charge is 0.0383 e. The third-order valence-corrected chi connectivity index (χ3v) is 4.64. The summed E-state index contributed by atoms with van der Waals surface area (Å²) in [5.41, 5.74) is 4.83. The largest absolute Gasteiger partial charge is 0.382 e. The van der Waals surface area contributed by atoms with Gasteiger partial charge in [0.15, 0.2) is 0 Å². The molecule has 2 nitrogen and oxygen atoms in total. The Morgan fingerprint density at radius 2 is 1.60 bits per heavy atom. The van der Waals surface area contributed by atoms with Gasteiger partial charge in [0.2, 0.25) is 0 Å². The van der Waals surface area contributed by atoms with Crippen molar-refractivity contribution >= 4 is 27.3 Å². The van der Waals surface area contributed by atoms with Gasteiger partial charge in [-0.3, -0.25) is 0 Å². The van der Waals surface area contributed by atoms with E-state index >= 15 is 0 Å². The van der Waals surface area contributed by atoms with E-state index in [9.17, 15) is 0 Å². The third kappa shape index (κ3) is 5.64. The molecule has 2 rings (SSSR count). The van der Waals surface area contributed by atoms with E-state index in [1.165, 1.54) is 16.8 Å². The quantitative estimate of drug-likeness (QED) is 0.509. The van der Waals surface area contributed by atoms with Crippen molar-refractivity contribution < 1.29 is 0 Å². The molecule has 0 aliphatic carbocycles. The zero-order valence-corrected chi connectivity index (χ0v) is 16.1. The number of hydrogen-bond donors (Lipinski definition) is 1. The third-order valence-electron chi connectivity index (χ3n) is 3.90. The lowest BCUT2D eigenvalue weighted by Crippen LogP contribution is -2.23. The minimum Gasteiger partial charge on any atom is -0.382 e. The lowest BCUT2D eigenvalue weighted by Gasteiger charge is -2.22. The fourth-order valence-corrected chi connectivity index (χ4v) is 3.13. The van der Waals surface area contributed by atoms with Crippen molar-refractivity contribution in [2.24, 2.45) is 0 Å². The second-order valence-electron chi connectivity index (χ2n) is 5.80. The molecule has 0 fully saturated rings. The number of anilines is 2. The molecule has 0 unspecified atom stereocenters. The molecule has 0 radical (unpaired) electrons. The lowest BCUT2D eigenvalue weighted by atomic mass is 10.0. The molecular weight excluding hydrogens is 372 g/mol. The van der Waals surface area contributed by atoms with Crippen LogP contribution in [0.25, 0.3) is 0 Å². The average Bonchev–Trinajstić information content (AvgIpc) is 2.62. The van der Waals surface area contributed by atoms with Crippen LogP contribution in [0, 0.1) is 0 Å². The highest BCUT2D eigenvalue weighted by molar-refractivity contribution is 9.10.